The van der Waals surface area contributed by atoms with E-state index in [0.29, 0.717) is 12.1 Å². The smallest absolute Gasteiger partial charge is 0.324 e. The van der Waals surface area contributed by atoms with E-state index in [9.17, 15) is 25.0 Å². The van der Waals surface area contributed by atoms with Crippen LogP contribution in [0.15, 0.2) is 23.3 Å². The van der Waals surface area contributed by atoms with E-state index in [1.165, 1.54) is 17.8 Å². The summed E-state index contributed by atoms with van der Waals surface area (Å²) in [5.41, 5.74) is 2.26. The highest BCUT2D eigenvalue weighted by atomic mass is 32.2. The van der Waals surface area contributed by atoms with Gasteiger partial charge in [0, 0.05) is 6.07 Å². The van der Waals surface area contributed by atoms with Crippen LogP contribution in [0, 0.1) is 20.2 Å². The van der Waals surface area contributed by atoms with E-state index in [0.717, 1.165) is 24.3 Å². The van der Waals surface area contributed by atoms with Crippen LogP contribution in [0.25, 0.3) is 0 Å². The summed E-state index contributed by atoms with van der Waals surface area (Å²) in [5, 5.41) is 25.4. The first-order chi connectivity index (χ1) is 11.9. The number of hydrogen-bond acceptors (Lipinski definition) is 9. The Labute approximate surface area is 146 Å². The second-order valence-electron chi connectivity index (χ2n) is 5.04. The maximum absolute atomic E-state index is 12.0. The molecule has 0 aliphatic carbocycles. The molecule has 0 radical (unpaired) electrons. The topological polar surface area (TPSA) is 137 Å². The number of nitrogens with one attached hydrogen (secondary N) is 1. The number of hydrogen-bond donors (Lipinski definition) is 1. The van der Waals surface area contributed by atoms with Gasteiger partial charge in [-0.15, -0.1) is 11.8 Å². The number of hydrazone groups is 1. The summed E-state index contributed by atoms with van der Waals surface area (Å²) in [6, 6.07) is 3.23. The summed E-state index contributed by atoms with van der Waals surface area (Å²) in [7, 11) is 0. The Morgan fingerprint density at radius 3 is 2.80 bits per heavy atom. The Bertz CT molecular complexity index is 723. The molecule has 2 rings (SSSR count). The molecule has 0 bridgehead atoms. The number of rotatable bonds is 6. The Hall–Kier alpha value is -2.69. The van der Waals surface area contributed by atoms with Crippen molar-refractivity contribution in [3.8, 4) is 0 Å². The van der Waals surface area contributed by atoms with Crippen LogP contribution >= 0.6 is 11.8 Å². The number of esters is 1. The number of thioether (sulfide) groups is 1. The van der Waals surface area contributed by atoms with Crippen molar-refractivity contribution in [3.63, 3.8) is 0 Å². The number of non-ortho nitro benzene ring substituents is 1. The van der Waals surface area contributed by atoms with Crippen molar-refractivity contribution >= 4 is 40.5 Å². The zero-order chi connectivity index (χ0) is 18.4. The monoisotopic (exact) mass is 368 g/mol. The molecule has 0 saturated carbocycles. The van der Waals surface area contributed by atoms with Gasteiger partial charge in [0.2, 0.25) is 0 Å². The fourth-order valence-electron chi connectivity index (χ4n) is 2.23. The van der Waals surface area contributed by atoms with Gasteiger partial charge in [0.05, 0.1) is 28.2 Å². The van der Waals surface area contributed by atoms with Gasteiger partial charge in [0.1, 0.15) is 10.9 Å². The molecule has 1 atom stereocenters. The molecular weight excluding hydrogens is 352 g/mol. The zero-order valence-corrected chi connectivity index (χ0v) is 14.2. The molecule has 1 unspecified atom stereocenters. The highest BCUT2D eigenvalue weighted by Crippen LogP contribution is 2.30. The number of benzene rings is 1. The number of nitro benzene ring substituents is 2. The van der Waals surface area contributed by atoms with Crippen LogP contribution < -0.4 is 5.43 Å². The van der Waals surface area contributed by atoms with Crippen molar-refractivity contribution in [1.29, 1.82) is 0 Å². The molecule has 1 N–H and O–H groups in total. The molecule has 1 aromatic rings. The second kappa shape index (κ2) is 8.42. The SMILES string of the molecule is CCOC(=O)C1SCCC/C1=N\Nc1ccc([N+](=O)[O-])cc1[N+](=O)[O-]. The lowest BCUT2D eigenvalue weighted by Gasteiger charge is -2.21. The van der Waals surface area contributed by atoms with E-state index < -0.39 is 26.8 Å². The molecule has 1 saturated heterocycles. The molecule has 1 heterocycles. The van der Waals surface area contributed by atoms with Crippen LogP contribution in [0.4, 0.5) is 17.1 Å². The molecule has 1 aromatic carbocycles. The van der Waals surface area contributed by atoms with Gasteiger partial charge in [-0.25, -0.2) is 0 Å². The number of nitrogens with zero attached hydrogens (tertiary/aromatic N) is 3. The van der Waals surface area contributed by atoms with E-state index in [1.54, 1.807) is 6.92 Å². The van der Waals surface area contributed by atoms with Gasteiger partial charge < -0.3 is 4.74 Å². The maximum Gasteiger partial charge on any atom is 0.324 e. The predicted molar refractivity (Wildman–Crippen MR) is 92.9 cm³/mol. The molecule has 134 valence electrons. The van der Waals surface area contributed by atoms with Gasteiger partial charge in [-0.1, -0.05) is 0 Å². The van der Waals surface area contributed by atoms with Gasteiger partial charge in [-0.05, 0) is 31.6 Å². The van der Waals surface area contributed by atoms with Crippen molar-refractivity contribution in [2.75, 3.05) is 17.8 Å². The molecule has 0 amide bonds. The minimum absolute atomic E-state index is 0.0151. The van der Waals surface area contributed by atoms with Gasteiger partial charge in [-0.2, -0.15) is 5.10 Å². The molecular formula is C14H16N4O6S. The quantitative estimate of drug-likeness (QED) is 0.459. The van der Waals surface area contributed by atoms with Crippen molar-refractivity contribution in [3.05, 3.63) is 38.4 Å². The van der Waals surface area contributed by atoms with E-state index in [-0.39, 0.29) is 18.0 Å². The Balaban J connectivity index is 2.25. The predicted octanol–water partition coefficient (Wildman–Crippen LogP) is 2.73. The molecule has 0 spiro atoms. The first kappa shape index (κ1) is 18.6. The lowest BCUT2D eigenvalue weighted by molar-refractivity contribution is -0.393. The molecule has 1 aliphatic rings. The summed E-state index contributed by atoms with van der Waals surface area (Å²) in [4.78, 5) is 32.4. The normalized spacial score (nSPS) is 18.6. The lowest BCUT2D eigenvalue weighted by atomic mass is 10.1. The van der Waals surface area contributed by atoms with E-state index in [2.05, 4.69) is 10.5 Å². The minimum Gasteiger partial charge on any atom is -0.465 e. The van der Waals surface area contributed by atoms with Crippen molar-refractivity contribution in [2.24, 2.45) is 5.10 Å². The fourth-order valence-corrected chi connectivity index (χ4v) is 3.34. The summed E-state index contributed by atoms with van der Waals surface area (Å²) >= 11 is 1.40. The summed E-state index contributed by atoms with van der Waals surface area (Å²) in [6.07, 6.45) is 1.38. The molecule has 0 aromatic heterocycles. The lowest BCUT2D eigenvalue weighted by Crippen LogP contribution is -2.33. The number of carbonyl (C=O) groups is 1. The van der Waals surface area contributed by atoms with Gasteiger partial charge in [0.15, 0.2) is 0 Å². The first-order valence-electron chi connectivity index (χ1n) is 7.47. The maximum atomic E-state index is 12.0. The Morgan fingerprint density at radius 2 is 2.16 bits per heavy atom. The van der Waals surface area contributed by atoms with Gasteiger partial charge >= 0.3 is 11.7 Å². The summed E-state index contributed by atoms with van der Waals surface area (Å²) in [5.74, 6) is 0.395. The fraction of sp³-hybridized carbons (Fsp3) is 0.429. The van der Waals surface area contributed by atoms with Gasteiger partial charge in [0.25, 0.3) is 5.69 Å². The second-order valence-corrected chi connectivity index (χ2v) is 6.25. The largest absolute Gasteiger partial charge is 0.465 e. The van der Waals surface area contributed by atoms with Crippen LogP contribution in [0.5, 0.6) is 0 Å². The average Bonchev–Trinajstić information content (AvgIpc) is 2.60. The third kappa shape index (κ3) is 4.66. The molecule has 11 heteroatoms. The summed E-state index contributed by atoms with van der Waals surface area (Å²) < 4.78 is 5.02. The van der Waals surface area contributed by atoms with Crippen LogP contribution in [0.3, 0.4) is 0 Å². The highest BCUT2D eigenvalue weighted by Gasteiger charge is 2.29. The van der Waals surface area contributed by atoms with Gasteiger partial charge in [-0.3, -0.25) is 30.4 Å². The van der Waals surface area contributed by atoms with Crippen LogP contribution in [0.1, 0.15) is 19.8 Å². The van der Waals surface area contributed by atoms with E-state index in [1.807, 2.05) is 0 Å². The highest BCUT2D eigenvalue weighted by molar-refractivity contribution is 8.01. The van der Waals surface area contributed by atoms with Crippen molar-refractivity contribution in [1.82, 2.24) is 0 Å². The standard InChI is InChI=1S/C14H16N4O6S/c1-2-24-14(19)13-11(4-3-7-25-13)16-15-10-6-5-9(17(20)21)8-12(10)18(22)23/h5-6,8,13,15H,2-4,7H2,1H3/b16-11+. The molecule has 1 fully saturated rings. The molecule has 1 aliphatic heterocycles. The minimum atomic E-state index is -0.728. The molecule has 25 heavy (non-hydrogen) atoms. The average molecular weight is 368 g/mol. The third-order valence-electron chi connectivity index (χ3n) is 3.37. The van der Waals surface area contributed by atoms with Crippen LogP contribution in [-0.2, 0) is 9.53 Å². The van der Waals surface area contributed by atoms with E-state index in [4.69, 9.17) is 4.74 Å². The van der Waals surface area contributed by atoms with Crippen molar-refractivity contribution < 1.29 is 19.4 Å². The third-order valence-corrected chi connectivity index (χ3v) is 4.70. The number of ether oxygens (including phenoxy) is 1. The number of nitro groups is 2. The Morgan fingerprint density at radius 1 is 1.40 bits per heavy atom. The molecule has 10 nitrogen and oxygen atoms in total. The van der Waals surface area contributed by atoms with Crippen LogP contribution in [0.2, 0.25) is 0 Å². The van der Waals surface area contributed by atoms with Crippen LogP contribution in [-0.4, -0.2) is 39.1 Å². The zero-order valence-electron chi connectivity index (χ0n) is 13.3. The Kier molecular flexibility index (Phi) is 6.28. The van der Waals surface area contributed by atoms with Crippen molar-refractivity contribution in [2.45, 2.75) is 25.0 Å². The summed E-state index contributed by atoms with van der Waals surface area (Å²) in [6.45, 7) is 1.96. The number of carbonyl (C=O) groups excluding carboxylic acids is 1. The number of anilines is 1. The van der Waals surface area contributed by atoms with E-state index >= 15 is 0 Å². The first-order valence-corrected chi connectivity index (χ1v) is 8.52.